The van der Waals surface area contributed by atoms with E-state index in [1.54, 1.807) is 12.1 Å². The van der Waals surface area contributed by atoms with Gasteiger partial charge in [0, 0.05) is 24.7 Å². The average Bonchev–Trinajstić information content (AvgIpc) is 2.85. The van der Waals surface area contributed by atoms with Gasteiger partial charge in [-0.25, -0.2) is 9.18 Å². The summed E-state index contributed by atoms with van der Waals surface area (Å²) in [5.41, 5.74) is 0.759. The molecule has 0 spiro atoms. The summed E-state index contributed by atoms with van der Waals surface area (Å²) in [7, 11) is 0. The van der Waals surface area contributed by atoms with Crippen LogP contribution in [0, 0.1) is 17.2 Å². The molecule has 2 fully saturated rings. The number of halogens is 1. The summed E-state index contributed by atoms with van der Waals surface area (Å²) in [6.45, 7) is 7.06. The van der Waals surface area contributed by atoms with Gasteiger partial charge in [-0.2, -0.15) is 0 Å². The quantitative estimate of drug-likeness (QED) is 0.866. The minimum absolute atomic E-state index is 0.103. The maximum Gasteiger partial charge on any atom is 0.315 e. The number of hydrogen-bond acceptors (Lipinski definition) is 2. The summed E-state index contributed by atoms with van der Waals surface area (Å²) < 4.78 is 13.4. The lowest BCUT2D eigenvalue weighted by atomic mass is 9.71. The zero-order valence-corrected chi connectivity index (χ0v) is 15.7. The summed E-state index contributed by atoms with van der Waals surface area (Å²) in [6.07, 6.45) is 3.35. The van der Waals surface area contributed by atoms with Crippen LogP contribution >= 0.6 is 0 Å². The van der Waals surface area contributed by atoms with Crippen LogP contribution < -0.4 is 15.5 Å². The fourth-order valence-electron chi connectivity index (χ4n) is 4.57. The van der Waals surface area contributed by atoms with Crippen molar-refractivity contribution in [3.05, 3.63) is 30.1 Å². The van der Waals surface area contributed by atoms with Gasteiger partial charge in [0.25, 0.3) is 0 Å². The summed E-state index contributed by atoms with van der Waals surface area (Å²) in [4.78, 5) is 26.1. The van der Waals surface area contributed by atoms with Crippen LogP contribution in [0.15, 0.2) is 24.3 Å². The first kappa shape index (κ1) is 18.7. The van der Waals surface area contributed by atoms with E-state index in [0.717, 1.165) is 12.8 Å². The van der Waals surface area contributed by atoms with E-state index in [1.165, 1.54) is 23.5 Å². The second-order valence-electron chi connectivity index (χ2n) is 8.61. The second-order valence-corrected chi connectivity index (χ2v) is 8.61. The van der Waals surface area contributed by atoms with Gasteiger partial charge in [0.05, 0.1) is 6.04 Å². The van der Waals surface area contributed by atoms with Crippen LogP contribution in [-0.4, -0.2) is 30.6 Å². The van der Waals surface area contributed by atoms with Crippen LogP contribution in [0.3, 0.4) is 0 Å². The molecule has 1 heterocycles. The number of benzene rings is 1. The first-order chi connectivity index (χ1) is 12.2. The van der Waals surface area contributed by atoms with Gasteiger partial charge in [0.1, 0.15) is 5.82 Å². The van der Waals surface area contributed by atoms with Crippen molar-refractivity contribution in [1.82, 2.24) is 10.6 Å². The van der Waals surface area contributed by atoms with Crippen molar-refractivity contribution in [2.75, 3.05) is 11.4 Å². The van der Waals surface area contributed by atoms with Crippen LogP contribution in [0.2, 0.25) is 0 Å². The normalized spacial score (nSPS) is 28.1. The number of anilines is 1. The monoisotopic (exact) mass is 361 g/mol. The molecule has 0 bridgehead atoms. The van der Waals surface area contributed by atoms with Gasteiger partial charge < -0.3 is 15.5 Å². The van der Waals surface area contributed by atoms with Gasteiger partial charge in [0.15, 0.2) is 0 Å². The van der Waals surface area contributed by atoms with E-state index >= 15 is 0 Å². The number of urea groups is 1. The van der Waals surface area contributed by atoms with Gasteiger partial charge in [-0.3, -0.25) is 4.79 Å². The Labute approximate surface area is 154 Å². The van der Waals surface area contributed by atoms with Crippen molar-refractivity contribution in [2.24, 2.45) is 11.3 Å². The van der Waals surface area contributed by atoms with E-state index in [4.69, 9.17) is 0 Å². The molecule has 3 rings (SSSR count). The maximum absolute atomic E-state index is 13.4. The third-order valence-corrected chi connectivity index (χ3v) is 5.30. The van der Waals surface area contributed by atoms with Crippen molar-refractivity contribution >= 4 is 17.6 Å². The van der Waals surface area contributed by atoms with E-state index in [1.807, 2.05) is 0 Å². The molecule has 1 aliphatic heterocycles. The Morgan fingerprint density at radius 1 is 1.23 bits per heavy atom. The van der Waals surface area contributed by atoms with Gasteiger partial charge in [-0.15, -0.1) is 0 Å². The molecule has 1 aromatic carbocycles. The molecule has 0 radical (unpaired) electrons. The van der Waals surface area contributed by atoms with Gasteiger partial charge >= 0.3 is 6.03 Å². The number of rotatable bonds is 3. The first-order valence-electron chi connectivity index (χ1n) is 9.35. The molecular formula is C20H28FN3O2. The van der Waals surface area contributed by atoms with Crippen LogP contribution in [-0.2, 0) is 4.79 Å². The molecule has 1 aromatic rings. The van der Waals surface area contributed by atoms with E-state index in [9.17, 15) is 14.0 Å². The first-order valence-corrected chi connectivity index (χ1v) is 9.35. The second kappa shape index (κ2) is 7.25. The van der Waals surface area contributed by atoms with Crippen LogP contribution in [0.5, 0.6) is 0 Å². The average molecular weight is 361 g/mol. The molecule has 3 amide bonds. The highest BCUT2D eigenvalue weighted by Crippen LogP contribution is 2.38. The standard InChI is InChI=1S/C20H28FN3O2/c1-13-7-15(11-20(2,3)10-13)22-19(26)23-16-9-18(25)24(12-16)17-6-4-5-14(21)8-17/h4-6,8,13,15-16H,7,9-12H2,1-3H3,(H2,22,23,26). The molecule has 5 nitrogen and oxygen atoms in total. The molecular weight excluding hydrogens is 333 g/mol. The third-order valence-electron chi connectivity index (χ3n) is 5.30. The van der Waals surface area contributed by atoms with Crippen LogP contribution in [0.25, 0.3) is 0 Å². The van der Waals surface area contributed by atoms with Crippen LogP contribution in [0.4, 0.5) is 14.9 Å². The van der Waals surface area contributed by atoms with Gasteiger partial charge in [-0.1, -0.05) is 26.8 Å². The lowest BCUT2D eigenvalue weighted by molar-refractivity contribution is -0.117. The van der Waals surface area contributed by atoms with Crippen molar-refractivity contribution < 1.29 is 14.0 Å². The molecule has 3 unspecified atom stereocenters. The fraction of sp³-hybridized carbons (Fsp3) is 0.600. The summed E-state index contributed by atoms with van der Waals surface area (Å²) >= 11 is 0. The number of hydrogen-bond donors (Lipinski definition) is 2. The highest BCUT2D eigenvalue weighted by Gasteiger charge is 2.35. The highest BCUT2D eigenvalue weighted by atomic mass is 19.1. The Kier molecular flexibility index (Phi) is 5.21. The highest BCUT2D eigenvalue weighted by molar-refractivity contribution is 5.96. The molecule has 6 heteroatoms. The third kappa shape index (κ3) is 4.54. The Bertz CT molecular complexity index is 691. The number of carbonyl (C=O) groups excluding carboxylic acids is 2. The Morgan fingerprint density at radius 3 is 2.65 bits per heavy atom. The smallest absolute Gasteiger partial charge is 0.315 e. The molecule has 1 saturated heterocycles. The predicted octanol–water partition coefficient (Wildman–Crippen LogP) is 3.45. The van der Waals surface area contributed by atoms with Gasteiger partial charge in [-0.05, 0) is 48.8 Å². The summed E-state index contributed by atoms with van der Waals surface area (Å²) in [6, 6.07) is 5.64. The molecule has 0 aromatic heterocycles. The molecule has 142 valence electrons. The van der Waals surface area contributed by atoms with Crippen molar-refractivity contribution in [3.8, 4) is 0 Å². The SMILES string of the molecule is CC1CC(NC(=O)NC2CC(=O)N(c3cccc(F)c3)C2)CC(C)(C)C1. The molecule has 2 N–H and O–H groups in total. The topological polar surface area (TPSA) is 61.4 Å². The van der Waals surface area contributed by atoms with E-state index in [2.05, 4.69) is 31.4 Å². The molecule has 3 atom stereocenters. The minimum Gasteiger partial charge on any atom is -0.335 e. The van der Waals surface area contributed by atoms with Gasteiger partial charge in [0.2, 0.25) is 5.91 Å². The summed E-state index contributed by atoms with van der Waals surface area (Å²) in [5, 5.41) is 5.98. The number of nitrogens with zero attached hydrogens (tertiary/aromatic N) is 1. The predicted molar refractivity (Wildman–Crippen MR) is 99.4 cm³/mol. The molecule has 1 aliphatic carbocycles. The Hall–Kier alpha value is -2.11. The molecule has 2 aliphatic rings. The van der Waals surface area contributed by atoms with E-state index in [-0.39, 0.29) is 41.7 Å². The number of carbonyl (C=O) groups is 2. The number of amides is 3. The Morgan fingerprint density at radius 2 is 1.96 bits per heavy atom. The van der Waals surface area contributed by atoms with Crippen LogP contribution in [0.1, 0.15) is 46.5 Å². The van der Waals surface area contributed by atoms with Crippen molar-refractivity contribution in [2.45, 2.75) is 58.5 Å². The van der Waals surface area contributed by atoms with E-state index in [0.29, 0.717) is 18.2 Å². The molecule has 1 saturated carbocycles. The lowest BCUT2D eigenvalue weighted by Gasteiger charge is -2.39. The van der Waals surface area contributed by atoms with Crippen molar-refractivity contribution in [1.29, 1.82) is 0 Å². The zero-order chi connectivity index (χ0) is 18.9. The van der Waals surface area contributed by atoms with Crippen molar-refractivity contribution in [3.63, 3.8) is 0 Å². The largest absolute Gasteiger partial charge is 0.335 e. The number of nitrogens with one attached hydrogen (secondary N) is 2. The molecule has 26 heavy (non-hydrogen) atoms. The summed E-state index contributed by atoms with van der Waals surface area (Å²) in [5.74, 6) is 0.104. The minimum atomic E-state index is -0.376. The van der Waals surface area contributed by atoms with E-state index < -0.39 is 0 Å². The zero-order valence-electron chi connectivity index (χ0n) is 15.7. The lowest BCUT2D eigenvalue weighted by Crippen LogP contribution is -2.50. The fourth-order valence-corrected chi connectivity index (χ4v) is 4.57. The maximum atomic E-state index is 13.4. The Balaban J connectivity index is 1.55.